The highest BCUT2D eigenvalue weighted by Gasteiger charge is 2.11. The summed E-state index contributed by atoms with van der Waals surface area (Å²) in [6, 6.07) is 8.78. The molecule has 0 aliphatic carbocycles. The maximum Gasteiger partial charge on any atom is 0.118 e. The van der Waals surface area contributed by atoms with Crippen molar-refractivity contribution < 1.29 is 4.74 Å². The Labute approximate surface area is 109 Å². The van der Waals surface area contributed by atoms with E-state index >= 15 is 0 Å². The average molecular weight is 253 g/mol. The van der Waals surface area contributed by atoms with E-state index in [0.717, 1.165) is 18.0 Å². The number of rotatable bonds is 7. The first-order valence-corrected chi connectivity index (χ1v) is 7.21. The van der Waals surface area contributed by atoms with Crippen molar-refractivity contribution in [2.45, 2.75) is 32.1 Å². The van der Waals surface area contributed by atoms with Crippen LogP contribution >= 0.6 is 11.8 Å². The van der Waals surface area contributed by atoms with Crippen LogP contribution in [0.15, 0.2) is 24.3 Å². The number of thioether (sulfide) groups is 1. The minimum atomic E-state index is 0.429. The largest absolute Gasteiger partial charge is 0.497 e. The fourth-order valence-corrected chi connectivity index (χ4v) is 2.53. The fourth-order valence-electron chi connectivity index (χ4n) is 1.64. The summed E-state index contributed by atoms with van der Waals surface area (Å²) in [5.41, 5.74) is 1.33. The van der Waals surface area contributed by atoms with E-state index < -0.39 is 0 Å². The van der Waals surface area contributed by atoms with Gasteiger partial charge in [-0.25, -0.2) is 0 Å². The second-order valence-electron chi connectivity index (χ2n) is 4.27. The van der Waals surface area contributed by atoms with Gasteiger partial charge in [0.1, 0.15) is 5.75 Å². The van der Waals surface area contributed by atoms with Gasteiger partial charge in [-0.1, -0.05) is 32.9 Å². The molecule has 0 heterocycles. The molecule has 3 heteroatoms. The Morgan fingerprint density at radius 1 is 1.24 bits per heavy atom. The zero-order valence-electron chi connectivity index (χ0n) is 11.2. The maximum atomic E-state index is 5.18. The molecule has 0 aliphatic rings. The molecule has 1 atom stereocenters. The van der Waals surface area contributed by atoms with Gasteiger partial charge < -0.3 is 10.1 Å². The molecule has 0 spiro atoms. The first-order valence-electron chi connectivity index (χ1n) is 6.16. The predicted octanol–water partition coefficient (Wildman–Crippen LogP) is 3.49. The van der Waals surface area contributed by atoms with Crippen molar-refractivity contribution >= 4 is 11.8 Å². The lowest BCUT2D eigenvalue weighted by Crippen LogP contribution is -2.23. The Morgan fingerprint density at radius 2 is 1.88 bits per heavy atom. The van der Waals surface area contributed by atoms with Crippen molar-refractivity contribution in [2.75, 3.05) is 19.4 Å². The second kappa shape index (κ2) is 7.62. The number of nitrogens with one attached hydrogen (secondary N) is 1. The average Bonchev–Trinajstić information content (AvgIpc) is 2.34. The maximum absolute atomic E-state index is 5.18. The highest BCUT2D eigenvalue weighted by atomic mass is 32.2. The van der Waals surface area contributed by atoms with Gasteiger partial charge in [0.15, 0.2) is 0 Å². The van der Waals surface area contributed by atoms with Gasteiger partial charge in [0.05, 0.1) is 7.11 Å². The summed E-state index contributed by atoms with van der Waals surface area (Å²) in [5.74, 6) is 2.03. The molecule has 1 aromatic carbocycles. The van der Waals surface area contributed by atoms with Crippen molar-refractivity contribution in [1.82, 2.24) is 5.32 Å². The molecule has 0 saturated heterocycles. The topological polar surface area (TPSA) is 21.3 Å². The third kappa shape index (κ3) is 5.00. The fraction of sp³-hybridized carbons (Fsp3) is 0.571. The van der Waals surface area contributed by atoms with Crippen molar-refractivity contribution in [3.05, 3.63) is 29.8 Å². The highest BCUT2D eigenvalue weighted by molar-refractivity contribution is 7.99. The minimum Gasteiger partial charge on any atom is -0.497 e. The van der Waals surface area contributed by atoms with Crippen molar-refractivity contribution in [2.24, 2.45) is 0 Å². The third-order valence-electron chi connectivity index (χ3n) is 2.56. The molecule has 1 N–H and O–H groups in total. The van der Waals surface area contributed by atoms with Crippen LogP contribution in [0, 0.1) is 0 Å². The monoisotopic (exact) mass is 253 g/mol. The molecular weight excluding hydrogens is 230 g/mol. The van der Waals surface area contributed by atoms with Crippen molar-refractivity contribution in [3.63, 3.8) is 0 Å². The first kappa shape index (κ1) is 14.4. The lowest BCUT2D eigenvalue weighted by atomic mass is 10.1. The molecule has 0 bridgehead atoms. The van der Waals surface area contributed by atoms with Crippen LogP contribution in [0.2, 0.25) is 0 Å². The molecule has 96 valence electrons. The van der Waals surface area contributed by atoms with Crippen LogP contribution in [0.4, 0.5) is 0 Å². The molecule has 0 amide bonds. The summed E-state index contributed by atoms with van der Waals surface area (Å²) in [6.07, 6.45) is 0. The van der Waals surface area contributed by atoms with Gasteiger partial charge >= 0.3 is 0 Å². The molecule has 1 unspecified atom stereocenters. The third-order valence-corrected chi connectivity index (χ3v) is 3.76. The second-order valence-corrected chi connectivity index (χ2v) is 5.87. The summed E-state index contributed by atoms with van der Waals surface area (Å²) in [5, 5.41) is 4.21. The summed E-state index contributed by atoms with van der Waals surface area (Å²) in [7, 11) is 1.70. The zero-order valence-corrected chi connectivity index (χ0v) is 12.0. The van der Waals surface area contributed by atoms with Crippen LogP contribution in [0.25, 0.3) is 0 Å². The Hall–Kier alpha value is -0.670. The van der Waals surface area contributed by atoms with Crippen LogP contribution in [0.5, 0.6) is 5.75 Å². The lowest BCUT2D eigenvalue weighted by molar-refractivity contribution is 0.414. The number of methoxy groups -OCH3 is 1. The Balaban J connectivity index is 2.67. The summed E-state index contributed by atoms with van der Waals surface area (Å²) in [6.45, 7) is 7.62. The van der Waals surface area contributed by atoms with E-state index in [1.165, 1.54) is 5.56 Å². The number of benzene rings is 1. The van der Waals surface area contributed by atoms with Crippen molar-refractivity contribution in [3.8, 4) is 5.75 Å². The van der Waals surface area contributed by atoms with Crippen LogP contribution in [0.3, 0.4) is 0 Å². The van der Waals surface area contributed by atoms with Gasteiger partial charge in [-0.2, -0.15) is 11.8 Å². The lowest BCUT2D eigenvalue weighted by Gasteiger charge is -2.19. The van der Waals surface area contributed by atoms with Crippen LogP contribution in [-0.2, 0) is 0 Å². The van der Waals surface area contributed by atoms with Gasteiger partial charge in [0.25, 0.3) is 0 Å². The number of ether oxygens (including phenoxy) is 1. The van der Waals surface area contributed by atoms with Gasteiger partial charge in [-0.05, 0) is 29.5 Å². The van der Waals surface area contributed by atoms with Crippen LogP contribution in [-0.4, -0.2) is 24.7 Å². The van der Waals surface area contributed by atoms with Gasteiger partial charge in [0, 0.05) is 11.8 Å². The quantitative estimate of drug-likeness (QED) is 0.804. The smallest absolute Gasteiger partial charge is 0.118 e. The van der Waals surface area contributed by atoms with Gasteiger partial charge in [-0.15, -0.1) is 0 Å². The van der Waals surface area contributed by atoms with E-state index in [1.807, 2.05) is 23.9 Å². The molecule has 0 radical (unpaired) electrons. The van der Waals surface area contributed by atoms with E-state index in [-0.39, 0.29) is 0 Å². The molecular formula is C14H23NOS. The van der Waals surface area contributed by atoms with E-state index in [2.05, 4.69) is 38.2 Å². The first-order chi connectivity index (χ1) is 8.17. The molecule has 17 heavy (non-hydrogen) atoms. The predicted molar refractivity (Wildman–Crippen MR) is 77.0 cm³/mol. The molecule has 0 saturated carbocycles. The molecule has 2 nitrogen and oxygen atoms in total. The van der Waals surface area contributed by atoms with Gasteiger partial charge in [0.2, 0.25) is 0 Å². The zero-order chi connectivity index (χ0) is 12.7. The highest BCUT2D eigenvalue weighted by Crippen LogP contribution is 2.23. The van der Waals surface area contributed by atoms with Crippen LogP contribution < -0.4 is 10.1 Å². The molecule has 1 aromatic rings. The van der Waals surface area contributed by atoms with Crippen molar-refractivity contribution in [1.29, 1.82) is 0 Å². The Morgan fingerprint density at radius 3 is 2.35 bits per heavy atom. The standard InChI is InChI=1S/C14H23NOS/c1-5-15-14(10-17-11(2)3)12-6-8-13(16-4)9-7-12/h6-9,11,14-15H,5,10H2,1-4H3. The summed E-state index contributed by atoms with van der Waals surface area (Å²) >= 11 is 1.99. The van der Waals surface area contributed by atoms with E-state index in [4.69, 9.17) is 4.74 Å². The SMILES string of the molecule is CCNC(CSC(C)C)c1ccc(OC)cc1. The Kier molecular flexibility index (Phi) is 6.45. The van der Waals surface area contributed by atoms with Crippen LogP contribution in [0.1, 0.15) is 32.4 Å². The number of hydrogen-bond acceptors (Lipinski definition) is 3. The van der Waals surface area contributed by atoms with Gasteiger partial charge in [-0.3, -0.25) is 0 Å². The number of hydrogen-bond donors (Lipinski definition) is 1. The summed E-state index contributed by atoms with van der Waals surface area (Å²) in [4.78, 5) is 0. The molecule has 0 aliphatic heterocycles. The summed E-state index contributed by atoms with van der Waals surface area (Å²) < 4.78 is 5.18. The van der Waals surface area contributed by atoms with E-state index in [0.29, 0.717) is 11.3 Å². The minimum absolute atomic E-state index is 0.429. The molecule has 1 rings (SSSR count). The van der Waals surface area contributed by atoms with E-state index in [1.54, 1.807) is 7.11 Å². The molecule has 0 fully saturated rings. The normalized spacial score (nSPS) is 12.8. The Bertz CT molecular complexity index is 311. The van der Waals surface area contributed by atoms with E-state index in [9.17, 15) is 0 Å². The molecule has 0 aromatic heterocycles.